The Morgan fingerprint density at radius 2 is 2.03 bits per heavy atom. The second kappa shape index (κ2) is 11.5. The lowest BCUT2D eigenvalue weighted by atomic mass is 9.99. The number of carbonyl (C=O) groups is 2. The van der Waals surface area contributed by atoms with Gasteiger partial charge < -0.3 is 19.4 Å². The Morgan fingerprint density at radius 3 is 2.77 bits per heavy atom. The van der Waals surface area contributed by atoms with E-state index in [1.807, 2.05) is 18.2 Å². The number of esters is 2. The number of carbonyl (C=O) groups excluding carboxylic acids is 2. The average molecular weight is 416 g/mol. The molecule has 1 aromatic rings. The van der Waals surface area contributed by atoms with Gasteiger partial charge in [0.05, 0.1) is 12.8 Å². The summed E-state index contributed by atoms with van der Waals surface area (Å²) in [5.41, 5.74) is 0.531. The summed E-state index contributed by atoms with van der Waals surface area (Å²) in [6.07, 6.45) is 9.15. The number of methoxy groups -OCH3 is 1. The molecule has 30 heavy (non-hydrogen) atoms. The summed E-state index contributed by atoms with van der Waals surface area (Å²) in [6, 6.07) is 2.48. The number of nitroso groups, excluding NO2 is 1. The third kappa shape index (κ3) is 6.84. The van der Waals surface area contributed by atoms with Gasteiger partial charge in [0, 0.05) is 18.9 Å². The van der Waals surface area contributed by atoms with Crippen LogP contribution in [0.5, 0.6) is 5.75 Å². The predicted molar refractivity (Wildman–Crippen MR) is 110 cm³/mol. The molecule has 1 aliphatic heterocycles. The van der Waals surface area contributed by atoms with Crippen LogP contribution in [0.15, 0.2) is 46.8 Å². The zero-order chi connectivity index (χ0) is 21.9. The molecule has 1 atom stereocenters. The van der Waals surface area contributed by atoms with Gasteiger partial charge in [-0.3, -0.25) is 0 Å². The number of nitrogens with zero attached hydrogens (tertiary/aromatic N) is 2. The molecule has 2 rings (SSSR count). The molecule has 9 nitrogen and oxygen atoms in total. The first-order chi connectivity index (χ1) is 14.4. The first-order valence-corrected chi connectivity index (χ1v) is 9.42. The van der Waals surface area contributed by atoms with Crippen molar-refractivity contribution in [3.05, 3.63) is 52.5 Å². The van der Waals surface area contributed by atoms with Crippen molar-refractivity contribution in [2.75, 3.05) is 13.7 Å². The zero-order valence-electron chi connectivity index (χ0n) is 16.9. The van der Waals surface area contributed by atoms with Crippen LogP contribution < -0.4 is 0 Å². The number of phenolic OH excluding ortho intramolecular Hbond substituents is 1. The van der Waals surface area contributed by atoms with Crippen molar-refractivity contribution in [2.45, 2.75) is 38.7 Å². The largest absolute Gasteiger partial charge is 0.507 e. The smallest absolute Gasteiger partial charge is 0.346 e. The number of fused-ring (bicyclic) bond motifs is 1. The van der Waals surface area contributed by atoms with Crippen LogP contribution in [-0.4, -0.2) is 42.6 Å². The van der Waals surface area contributed by atoms with Crippen LogP contribution in [0.4, 0.5) is 5.69 Å². The lowest BCUT2D eigenvalue weighted by Crippen LogP contribution is -2.17. The molecule has 1 heterocycles. The molecule has 0 fully saturated rings. The number of benzene rings is 1. The van der Waals surface area contributed by atoms with E-state index >= 15 is 0 Å². The highest BCUT2D eigenvalue weighted by atomic mass is 16.6. The van der Waals surface area contributed by atoms with Gasteiger partial charge in [0.15, 0.2) is 0 Å². The molecule has 160 valence electrons. The molecule has 1 aromatic carbocycles. The lowest BCUT2D eigenvalue weighted by molar-refractivity contribution is -0.145. The van der Waals surface area contributed by atoms with E-state index < -0.39 is 23.8 Å². The van der Waals surface area contributed by atoms with Gasteiger partial charge in [-0.1, -0.05) is 23.4 Å². The summed E-state index contributed by atoms with van der Waals surface area (Å²) in [5, 5.41) is 17.1. The number of aromatic hydroxyl groups is 1. The third-order valence-electron chi connectivity index (χ3n) is 4.21. The number of phenols is 1. The third-order valence-corrected chi connectivity index (χ3v) is 4.21. The minimum absolute atomic E-state index is 0.0310. The predicted octanol–water partition coefficient (Wildman–Crippen LogP) is 3.72. The van der Waals surface area contributed by atoms with E-state index in [0.29, 0.717) is 17.7 Å². The Balaban J connectivity index is 2.45. The first kappa shape index (κ1) is 22.8. The van der Waals surface area contributed by atoms with Crippen LogP contribution in [0.2, 0.25) is 0 Å². The molecular formula is C21H24N2O7. The molecule has 0 radical (unpaired) electrons. The average Bonchev–Trinajstić information content (AvgIpc) is 2.71. The molecule has 0 aromatic heterocycles. The van der Waals surface area contributed by atoms with Crippen molar-refractivity contribution in [1.82, 2.24) is 0 Å². The number of allylic oxidation sites excluding steroid dienone is 3. The van der Waals surface area contributed by atoms with E-state index in [1.54, 1.807) is 13.0 Å². The number of cyclic esters (lactones) is 1. The maximum Gasteiger partial charge on any atom is 0.346 e. The van der Waals surface area contributed by atoms with E-state index in [-0.39, 0.29) is 24.3 Å². The highest BCUT2D eigenvalue weighted by Crippen LogP contribution is 2.30. The van der Waals surface area contributed by atoms with Crippen molar-refractivity contribution in [2.24, 2.45) is 10.3 Å². The van der Waals surface area contributed by atoms with Gasteiger partial charge >= 0.3 is 11.9 Å². The monoisotopic (exact) mass is 416 g/mol. The van der Waals surface area contributed by atoms with Crippen LogP contribution >= 0.6 is 0 Å². The second-order valence-corrected chi connectivity index (χ2v) is 6.60. The Bertz CT molecular complexity index is 874. The maximum atomic E-state index is 12.7. The normalized spacial score (nSPS) is 20.9. The van der Waals surface area contributed by atoms with Crippen LogP contribution in [0.1, 0.15) is 42.1 Å². The number of hydrogen-bond donors (Lipinski definition) is 1. The number of ether oxygens (including phenoxy) is 2. The van der Waals surface area contributed by atoms with E-state index in [9.17, 15) is 19.6 Å². The van der Waals surface area contributed by atoms with E-state index in [4.69, 9.17) is 9.57 Å². The molecule has 0 aliphatic carbocycles. The molecule has 0 amide bonds. The van der Waals surface area contributed by atoms with E-state index in [2.05, 4.69) is 15.1 Å². The fraction of sp³-hybridized carbons (Fsp3) is 0.381. The summed E-state index contributed by atoms with van der Waals surface area (Å²) >= 11 is 0. The van der Waals surface area contributed by atoms with Gasteiger partial charge in [0.25, 0.3) is 0 Å². The van der Waals surface area contributed by atoms with Crippen molar-refractivity contribution in [3.8, 4) is 5.75 Å². The Hall–Kier alpha value is -3.49. The molecular weight excluding hydrogens is 392 g/mol. The van der Waals surface area contributed by atoms with Crippen molar-refractivity contribution in [1.29, 1.82) is 0 Å². The topological polar surface area (TPSA) is 124 Å². The van der Waals surface area contributed by atoms with Crippen LogP contribution in [-0.2, 0) is 25.5 Å². The molecule has 1 aliphatic rings. The molecule has 0 saturated heterocycles. The first-order valence-electron chi connectivity index (χ1n) is 9.42. The molecule has 0 bridgehead atoms. The minimum Gasteiger partial charge on any atom is -0.507 e. The lowest BCUT2D eigenvalue weighted by Gasteiger charge is -2.15. The molecule has 9 heteroatoms. The fourth-order valence-electron chi connectivity index (χ4n) is 2.75. The van der Waals surface area contributed by atoms with Crippen LogP contribution in [0.25, 0.3) is 0 Å². The summed E-state index contributed by atoms with van der Waals surface area (Å²) in [6.45, 7) is 1.36. The quantitative estimate of drug-likeness (QED) is 0.343. The highest BCUT2D eigenvalue weighted by molar-refractivity contribution is 6.00. The zero-order valence-corrected chi connectivity index (χ0v) is 16.9. The highest BCUT2D eigenvalue weighted by Gasteiger charge is 2.22. The number of oxime groups is 1. The van der Waals surface area contributed by atoms with Gasteiger partial charge in [-0.05, 0) is 42.6 Å². The van der Waals surface area contributed by atoms with Crippen molar-refractivity contribution < 1.29 is 29.0 Å². The molecule has 1 unspecified atom stereocenters. The molecule has 0 spiro atoms. The van der Waals surface area contributed by atoms with Gasteiger partial charge in [0.2, 0.25) is 6.61 Å². The van der Waals surface area contributed by atoms with Gasteiger partial charge in [-0.2, -0.15) is 0 Å². The van der Waals surface area contributed by atoms with Gasteiger partial charge in [-0.25, -0.2) is 9.59 Å². The SMILES string of the molecule is COC(=O)CO/N=C1\C=C\CC/C=C/CC(C)OC(=O)c2c(O)cc(N=O)cc2C1. The van der Waals surface area contributed by atoms with E-state index in [1.165, 1.54) is 13.2 Å². The van der Waals surface area contributed by atoms with Crippen molar-refractivity contribution in [3.63, 3.8) is 0 Å². The van der Waals surface area contributed by atoms with Crippen LogP contribution in [0.3, 0.4) is 0 Å². The van der Waals surface area contributed by atoms with Gasteiger partial charge in [0.1, 0.15) is 23.1 Å². The number of rotatable bonds is 4. The molecule has 0 saturated carbocycles. The van der Waals surface area contributed by atoms with Gasteiger partial charge in [-0.15, -0.1) is 4.91 Å². The van der Waals surface area contributed by atoms with Crippen LogP contribution in [0, 0.1) is 4.91 Å². The standard InChI is InChI=1S/C21H24N2O7/c1-14-8-6-4-3-5-7-9-16(23-29-13-19(25)28-2)10-15-11-17(22-27)12-18(24)20(15)21(26)30-14/h4,6-7,9,11-12,14,24H,3,5,8,10,13H2,1-2H3/b6-4+,9-7+,23-16+. The second-order valence-electron chi connectivity index (χ2n) is 6.60. The summed E-state index contributed by atoms with van der Waals surface area (Å²) in [4.78, 5) is 40.0. The maximum absolute atomic E-state index is 12.7. The Labute approximate surface area is 174 Å². The summed E-state index contributed by atoms with van der Waals surface area (Å²) in [5.74, 6) is -1.74. The van der Waals surface area contributed by atoms with Crippen molar-refractivity contribution >= 4 is 23.3 Å². The fourth-order valence-corrected chi connectivity index (χ4v) is 2.75. The summed E-state index contributed by atoms with van der Waals surface area (Å²) in [7, 11) is 1.23. The number of hydrogen-bond acceptors (Lipinski definition) is 9. The Morgan fingerprint density at radius 1 is 1.27 bits per heavy atom. The summed E-state index contributed by atoms with van der Waals surface area (Å²) < 4.78 is 9.93. The Kier molecular flexibility index (Phi) is 8.74. The molecule has 1 N–H and O–H groups in total. The minimum atomic E-state index is -0.725. The van der Waals surface area contributed by atoms with E-state index in [0.717, 1.165) is 18.9 Å².